The van der Waals surface area contributed by atoms with E-state index in [1.54, 1.807) is 25.3 Å². The van der Waals surface area contributed by atoms with E-state index in [-0.39, 0.29) is 36.8 Å². The average Bonchev–Trinajstić information content (AvgIpc) is 3.24. The number of amides is 2. The van der Waals surface area contributed by atoms with Gasteiger partial charge in [0.1, 0.15) is 18.0 Å². The molecule has 2 N–H and O–H groups in total. The third kappa shape index (κ3) is 5.96. The maximum Gasteiger partial charge on any atom is 0.274 e. The maximum atomic E-state index is 13.0. The highest BCUT2D eigenvalue weighted by atomic mass is 35.5. The number of hydrogen-bond donors (Lipinski definition) is 2. The van der Waals surface area contributed by atoms with Crippen LogP contribution in [0.4, 0.5) is 5.69 Å². The summed E-state index contributed by atoms with van der Waals surface area (Å²) in [7, 11) is 1.55. The first-order valence-electron chi connectivity index (χ1n) is 10.1. The minimum atomic E-state index is -0.271. The van der Waals surface area contributed by atoms with Gasteiger partial charge in [0.15, 0.2) is 0 Å². The van der Waals surface area contributed by atoms with Crippen LogP contribution in [0.1, 0.15) is 42.7 Å². The molecule has 3 rings (SSSR count). The molecule has 8 nitrogen and oxygen atoms in total. The van der Waals surface area contributed by atoms with Crippen molar-refractivity contribution in [2.45, 2.75) is 32.2 Å². The molecule has 0 bridgehead atoms. The van der Waals surface area contributed by atoms with Gasteiger partial charge in [-0.25, -0.2) is 0 Å². The molecule has 0 aliphatic carbocycles. The first-order chi connectivity index (χ1) is 14.1. The number of halogens is 1. The third-order valence-electron chi connectivity index (χ3n) is 4.97. The number of anilines is 1. The molecule has 1 unspecified atom stereocenters. The second-order valence-corrected chi connectivity index (χ2v) is 7.16. The van der Waals surface area contributed by atoms with Crippen LogP contribution in [0.25, 0.3) is 0 Å². The molecule has 0 spiro atoms. The highest BCUT2D eigenvalue weighted by Crippen LogP contribution is 2.23. The summed E-state index contributed by atoms with van der Waals surface area (Å²) in [5.41, 5.74) is 0.951. The molecule has 1 aliphatic heterocycles. The summed E-state index contributed by atoms with van der Waals surface area (Å²) in [6.45, 7) is 4.30. The molecule has 30 heavy (non-hydrogen) atoms. The highest BCUT2D eigenvalue weighted by Gasteiger charge is 2.23. The molecule has 2 heterocycles. The number of rotatable bonds is 8. The fourth-order valence-electron chi connectivity index (χ4n) is 3.51. The predicted molar refractivity (Wildman–Crippen MR) is 118 cm³/mol. The van der Waals surface area contributed by atoms with Crippen LogP contribution in [0.15, 0.2) is 36.5 Å². The molecule has 1 aliphatic rings. The van der Waals surface area contributed by atoms with Gasteiger partial charge in [0.2, 0.25) is 5.91 Å². The summed E-state index contributed by atoms with van der Waals surface area (Å²) < 4.78 is 7.12. The van der Waals surface area contributed by atoms with Gasteiger partial charge in [-0.15, -0.1) is 12.4 Å². The number of hydrogen-bond acceptors (Lipinski definition) is 5. The number of benzene rings is 1. The van der Waals surface area contributed by atoms with Crippen LogP contribution in [0.2, 0.25) is 0 Å². The number of aromatic nitrogens is 2. The number of nitrogens with zero attached hydrogens (tertiary/aromatic N) is 3. The van der Waals surface area contributed by atoms with E-state index < -0.39 is 0 Å². The molecule has 2 aromatic rings. The maximum absolute atomic E-state index is 13.0. The number of methoxy groups -OCH3 is 1. The van der Waals surface area contributed by atoms with Gasteiger partial charge >= 0.3 is 0 Å². The lowest BCUT2D eigenvalue weighted by molar-refractivity contribution is -0.116. The van der Waals surface area contributed by atoms with Crippen LogP contribution < -0.4 is 15.4 Å². The topological polar surface area (TPSA) is 88.5 Å². The van der Waals surface area contributed by atoms with E-state index in [0.717, 1.165) is 32.4 Å². The van der Waals surface area contributed by atoms with E-state index >= 15 is 0 Å². The molecule has 2 amide bonds. The Kier molecular flexibility index (Phi) is 9.14. The Balaban J connectivity index is 0.00000320. The van der Waals surface area contributed by atoms with Crippen LogP contribution >= 0.6 is 12.4 Å². The minimum absolute atomic E-state index is 0. The van der Waals surface area contributed by atoms with Crippen LogP contribution in [0.5, 0.6) is 5.75 Å². The predicted octanol–water partition coefficient (Wildman–Crippen LogP) is 2.73. The first-order valence-corrected chi connectivity index (χ1v) is 10.1. The van der Waals surface area contributed by atoms with Crippen LogP contribution in [0, 0.1) is 0 Å². The van der Waals surface area contributed by atoms with Gasteiger partial charge in [-0.1, -0.05) is 19.1 Å². The van der Waals surface area contributed by atoms with E-state index in [4.69, 9.17) is 4.74 Å². The number of carbonyl (C=O) groups is 2. The molecule has 0 radical (unpaired) electrons. The normalized spacial score (nSPS) is 15.7. The third-order valence-corrected chi connectivity index (χ3v) is 4.97. The Bertz CT molecular complexity index is 836. The molecule has 1 fully saturated rings. The van der Waals surface area contributed by atoms with Gasteiger partial charge in [0, 0.05) is 19.3 Å². The van der Waals surface area contributed by atoms with Crippen molar-refractivity contribution in [2.24, 2.45) is 0 Å². The van der Waals surface area contributed by atoms with E-state index in [1.807, 2.05) is 29.9 Å². The van der Waals surface area contributed by atoms with Crippen molar-refractivity contribution in [2.75, 3.05) is 38.6 Å². The molecular formula is C21H30ClN5O3. The van der Waals surface area contributed by atoms with Crippen LogP contribution in [-0.4, -0.2) is 59.8 Å². The molecule has 1 aromatic heterocycles. The van der Waals surface area contributed by atoms with E-state index in [1.165, 1.54) is 4.90 Å². The smallest absolute Gasteiger partial charge is 0.274 e. The van der Waals surface area contributed by atoms with E-state index in [2.05, 4.69) is 15.7 Å². The van der Waals surface area contributed by atoms with Crippen molar-refractivity contribution in [1.29, 1.82) is 0 Å². The Morgan fingerprint density at radius 3 is 2.83 bits per heavy atom. The lowest BCUT2D eigenvalue weighted by Crippen LogP contribution is -2.39. The monoisotopic (exact) mass is 435 g/mol. The molecule has 1 saturated heterocycles. The van der Waals surface area contributed by atoms with Gasteiger partial charge < -0.3 is 20.3 Å². The van der Waals surface area contributed by atoms with Crippen LogP contribution in [-0.2, 0) is 4.79 Å². The van der Waals surface area contributed by atoms with Gasteiger partial charge in [0.05, 0.1) is 18.8 Å². The Morgan fingerprint density at radius 2 is 2.13 bits per heavy atom. The Morgan fingerprint density at radius 1 is 1.33 bits per heavy atom. The van der Waals surface area contributed by atoms with Crippen molar-refractivity contribution in [3.8, 4) is 5.75 Å². The van der Waals surface area contributed by atoms with Crippen LogP contribution in [0.3, 0.4) is 0 Å². The average molecular weight is 436 g/mol. The zero-order valence-corrected chi connectivity index (χ0v) is 18.3. The molecule has 1 aromatic carbocycles. The minimum Gasteiger partial charge on any atom is -0.495 e. The quantitative estimate of drug-likeness (QED) is 0.665. The molecule has 1 atom stereocenters. The standard InChI is InChI=1S/C21H29N5O3.ClH/c1-3-12-25(15-20(27)23-17-8-4-5-9-19(17)29-2)21(28)18-10-13-26(24-18)16-7-6-11-22-14-16;/h4-5,8-10,13,16,22H,3,6-7,11-12,14-15H2,1-2H3,(H,23,27);1H. The lowest BCUT2D eigenvalue weighted by Gasteiger charge is -2.23. The Labute approximate surface area is 183 Å². The van der Waals surface area contributed by atoms with Gasteiger partial charge in [0.25, 0.3) is 5.91 Å². The van der Waals surface area contributed by atoms with Gasteiger partial charge in [-0.05, 0) is 44.0 Å². The fourth-order valence-corrected chi connectivity index (χ4v) is 3.51. The number of nitrogens with one attached hydrogen (secondary N) is 2. The van der Waals surface area contributed by atoms with Crippen molar-refractivity contribution in [3.63, 3.8) is 0 Å². The summed E-state index contributed by atoms with van der Waals surface area (Å²) in [4.78, 5) is 27.1. The second kappa shape index (κ2) is 11.6. The fraction of sp³-hybridized carbons (Fsp3) is 0.476. The van der Waals surface area contributed by atoms with Crippen molar-refractivity contribution >= 4 is 29.9 Å². The number of piperidine rings is 1. The molecule has 0 saturated carbocycles. The van der Waals surface area contributed by atoms with Gasteiger partial charge in [-0.3, -0.25) is 14.3 Å². The first kappa shape index (κ1) is 23.7. The summed E-state index contributed by atoms with van der Waals surface area (Å²) in [6, 6.07) is 9.19. The summed E-state index contributed by atoms with van der Waals surface area (Å²) in [5.74, 6) is 0.0748. The lowest BCUT2D eigenvalue weighted by atomic mass is 10.1. The SMILES string of the molecule is CCCN(CC(=O)Nc1ccccc1OC)C(=O)c1ccn(C2CCCNC2)n1.Cl. The highest BCUT2D eigenvalue weighted by molar-refractivity contribution is 5.99. The zero-order valence-electron chi connectivity index (χ0n) is 17.5. The largest absolute Gasteiger partial charge is 0.495 e. The van der Waals surface area contributed by atoms with Crippen molar-refractivity contribution in [1.82, 2.24) is 20.0 Å². The van der Waals surface area contributed by atoms with E-state index in [0.29, 0.717) is 23.7 Å². The van der Waals surface area contributed by atoms with Crippen molar-refractivity contribution in [3.05, 3.63) is 42.2 Å². The van der Waals surface area contributed by atoms with Crippen molar-refractivity contribution < 1.29 is 14.3 Å². The number of carbonyl (C=O) groups excluding carboxylic acids is 2. The molecule has 164 valence electrons. The number of ether oxygens (including phenoxy) is 1. The van der Waals surface area contributed by atoms with Gasteiger partial charge in [-0.2, -0.15) is 5.10 Å². The zero-order chi connectivity index (χ0) is 20.6. The summed E-state index contributed by atoms with van der Waals surface area (Å²) >= 11 is 0. The van der Waals surface area contributed by atoms with E-state index in [9.17, 15) is 9.59 Å². The molecular weight excluding hydrogens is 406 g/mol. The summed E-state index contributed by atoms with van der Waals surface area (Å²) in [6.07, 6.45) is 4.74. The summed E-state index contributed by atoms with van der Waals surface area (Å²) in [5, 5.41) is 10.7. The molecule has 9 heteroatoms. The Hall–Kier alpha value is -2.58. The number of para-hydroxylation sites is 2. The second-order valence-electron chi connectivity index (χ2n) is 7.16.